The van der Waals surface area contributed by atoms with Crippen molar-refractivity contribution < 1.29 is 18.0 Å². The summed E-state index contributed by atoms with van der Waals surface area (Å²) >= 11 is 12.7. The van der Waals surface area contributed by atoms with Crippen molar-refractivity contribution in [3.63, 3.8) is 0 Å². The van der Waals surface area contributed by atoms with Crippen molar-refractivity contribution in [1.82, 2.24) is 10.2 Å². The Morgan fingerprint density at radius 3 is 2.16 bits per heavy atom. The maximum Gasteiger partial charge on any atom is 0.244 e. The van der Waals surface area contributed by atoms with Gasteiger partial charge in [-0.05, 0) is 59.2 Å². The summed E-state index contributed by atoms with van der Waals surface area (Å²) in [6, 6.07) is 20.8. The van der Waals surface area contributed by atoms with E-state index in [0.29, 0.717) is 21.3 Å². The minimum Gasteiger partial charge on any atom is -0.352 e. The smallest absolute Gasteiger partial charge is 0.244 e. The standard InChI is InChI=1S/C34H41Cl2N3O4S/c1-34(2,3)26-15-18-29(19-16-26)39(44(4,42)43)23-32(40)38(22-25-14-17-27(35)21-30(25)36)31(20-24-10-6-5-7-11-24)33(41)37-28-12-8-9-13-28/h5-7,10-11,14-19,21,28,31H,8-9,12-13,20,22-23H2,1-4H3,(H,37,41)/t31-/m1/s1. The predicted molar refractivity (Wildman–Crippen MR) is 179 cm³/mol. The van der Waals surface area contributed by atoms with Crippen LogP contribution in [0.2, 0.25) is 10.0 Å². The lowest BCUT2D eigenvalue weighted by molar-refractivity contribution is -0.140. The molecule has 236 valence electrons. The number of nitrogens with zero attached hydrogens (tertiary/aromatic N) is 2. The zero-order chi connectivity index (χ0) is 32.1. The van der Waals surface area contributed by atoms with E-state index in [0.717, 1.165) is 47.4 Å². The van der Waals surface area contributed by atoms with Crippen LogP contribution in [-0.2, 0) is 38.0 Å². The molecule has 1 saturated carbocycles. The fourth-order valence-electron chi connectivity index (χ4n) is 5.50. The highest BCUT2D eigenvalue weighted by Crippen LogP contribution is 2.28. The Morgan fingerprint density at radius 1 is 0.955 bits per heavy atom. The number of benzene rings is 3. The molecular weight excluding hydrogens is 617 g/mol. The second-order valence-electron chi connectivity index (χ2n) is 12.5. The molecule has 0 radical (unpaired) electrons. The monoisotopic (exact) mass is 657 g/mol. The summed E-state index contributed by atoms with van der Waals surface area (Å²) < 4.78 is 27.3. The lowest BCUT2D eigenvalue weighted by Crippen LogP contribution is -2.54. The predicted octanol–water partition coefficient (Wildman–Crippen LogP) is 6.76. The van der Waals surface area contributed by atoms with E-state index in [1.54, 1.807) is 30.3 Å². The number of rotatable bonds is 11. The van der Waals surface area contributed by atoms with Gasteiger partial charge in [0, 0.05) is 29.1 Å². The van der Waals surface area contributed by atoms with Gasteiger partial charge >= 0.3 is 0 Å². The summed E-state index contributed by atoms with van der Waals surface area (Å²) in [5, 5.41) is 3.95. The Morgan fingerprint density at radius 2 is 1.59 bits per heavy atom. The summed E-state index contributed by atoms with van der Waals surface area (Å²) in [6.07, 6.45) is 5.16. The van der Waals surface area contributed by atoms with Gasteiger partial charge in [-0.1, -0.05) is 105 Å². The Kier molecular flexibility index (Phi) is 11.0. The van der Waals surface area contributed by atoms with Gasteiger partial charge in [0.2, 0.25) is 21.8 Å². The van der Waals surface area contributed by atoms with Crippen LogP contribution in [0, 0.1) is 0 Å². The third-order valence-electron chi connectivity index (χ3n) is 8.03. The van der Waals surface area contributed by atoms with Gasteiger partial charge in [-0.3, -0.25) is 13.9 Å². The van der Waals surface area contributed by atoms with Gasteiger partial charge in [-0.15, -0.1) is 0 Å². The number of carbonyl (C=O) groups excluding carboxylic acids is 2. The normalized spacial score (nSPS) is 14.7. The highest BCUT2D eigenvalue weighted by atomic mass is 35.5. The number of nitrogens with one attached hydrogen (secondary N) is 1. The van der Waals surface area contributed by atoms with Crippen molar-refractivity contribution in [1.29, 1.82) is 0 Å². The van der Waals surface area contributed by atoms with Crippen LogP contribution in [0.3, 0.4) is 0 Å². The van der Waals surface area contributed by atoms with Crippen molar-refractivity contribution >= 4 is 50.7 Å². The molecule has 0 spiro atoms. The largest absolute Gasteiger partial charge is 0.352 e. The van der Waals surface area contributed by atoms with Gasteiger partial charge in [-0.2, -0.15) is 0 Å². The molecule has 0 aromatic heterocycles. The van der Waals surface area contributed by atoms with E-state index in [1.165, 1.54) is 4.90 Å². The number of anilines is 1. The Hall–Kier alpha value is -3.07. The fourth-order valence-corrected chi connectivity index (χ4v) is 6.81. The molecule has 0 bridgehead atoms. The molecule has 7 nitrogen and oxygen atoms in total. The molecule has 0 unspecified atom stereocenters. The Balaban J connectivity index is 1.74. The van der Waals surface area contributed by atoms with E-state index in [-0.39, 0.29) is 30.3 Å². The molecule has 44 heavy (non-hydrogen) atoms. The zero-order valence-electron chi connectivity index (χ0n) is 25.7. The summed E-state index contributed by atoms with van der Waals surface area (Å²) in [5.41, 5.74) is 2.74. The second-order valence-corrected chi connectivity index (χ2v) is 15.3. The van der Waals surface area contributed by atoms with Gasteiger partial charge < -0.3 is 10.2 Å². The van der Waals surface area contributed by atoms with Crippen LogP contribution in [0.25, 0.3) is 0 Å². The Bertz CT molecular complexity index is 1550. The molecule has 1 N–H and O–H groups in total. The van der Waals surface area contributed by atoms with Crippen LogP contribution in [0.4, 0.5) is 5.69 Å². The molecule has 10 heteroatoms. The number of amides is 2. The highest BCUT2D eigenvalue weighted by Gasteiger charge is 2.34. The van der Waals surface area contributed by atoms with Crippen LogP contribution in [-0.4, -0.2) is 50.0 Å². The van der Waals surface area contributed by atoms with Crippen molar-refractivity contribution in [2.45, 2.75) is 76.9 Å². The summed E-state index contributed by atoms with van der Waals surface area (Å²) in [6.45, 7) is 5.72. The van der Waals surface area contributed by atoms with Crippen molar-refractivity contribution in [3.8, 4) is 0 Å². The fraction of sp³-hybridized carbons (Fsp3) is 0.412. The molecule has 0 heterocycles. The first-order chi connectivity index (χ1) is 20.7. The SMILES string of the molecule is CC(C)(C)c1ccc(N(CC(=O)N(Cc2ccc(Cl)cc2Cl)[C@H](Cc2ccccc2)C(=O)NC2CCCC2)S(C)(=O)=O)cc1. The van der Waals surface area contributed by atoms with Crippen LogP contribution in [0.15, 0.2) is 72.8 Å². The molecule has 1 aliphatic rings. The maximum atomic E-state index is 14.3. The van der Waals surface area contributed by atoms with E-state index in [9.17, 15) is 18.0 Å². The molecule has 0 aliphatic heterocycles. The molecule has 3 aromatic carbocycles. The maximum absolute atomic E-state index is 14.3. The summed E-state index contributed by atoms with van der Waals surface area (Å²) in [4.78, 5) is 29.8. The first-order valence-corrected chi connectivity index (χ1v) is 17.5. The average Bonchev–Trinajstić information content (AvgIpc) is 3.47. The van der Waals surface area contributed by atoms with Gasteiger partial charge in [0.1, 0.15) is 12.6 Å². The van der Waals surface area contributed by atoms with Crippen molar-refractivity contribution in [2.24, 2.45) is 0 Å². The third-order valence-corrected chi connectivity index (χ3v) is 9.76. The van der Waals surface area contributed by atoms with E-state index in [4.69, 9.17) is 23.2 Å². The van der Waals surface area contributed by atoms with Crippen molar-refractivity contribution in [3.05, 3.63) is 99.5 Å². The van der Waals surface area contributed by atoms with Crippen LogP contribution >= 0.6 is 23.2 Å². The molecule has 3 aromatic rings. The number of halogens is 2. The van der Waals surface area contributed by atoms with Crippen molar-refractivity contribution in [2.75, 3.05) is 17.1 Å². The number of sulfonamides is 1. The van der Waals surface area contributed by atoms with Gasteiger partial charge in [-0.25, -0.2) is 8.42 Å². The van der Waals surface area contributed by atoms with E-state index in [2.05, 4.69) is 26.1 Å². The van der Waals surface area contributed by atoms with E-state index in [1.807, 2.05) is 42.5 Å². The molecule has 1 atom stereocenters. The molecule has 0 saturated heterocycles. The first-order valence-electron chi connectivity index (χ1n) is 14.9. The molecule has 4 rings (SSSR count). The minimum absolute atomic E-state index is 0.00894. The first kappa shape index (κ1) is 33.8. The topological polar surface area (TPSA) is 86.8 Å². The van der Waals surface area contributed by atoms with Crippen LogP contribution in [0.5, 0.6) is 0 Å². The van der Waals surface area contributed by atoms with E-state index >= 15 is 0 Å². The number of carbonyl (C=O) groups is 2. The quantitative estimate of drug-likeness (QED) is 0.247. The van der Waals surface area contributed by atoms with Crippen LogP contribution in [0.1, 0.15) is 63.1 Å². The van der Waals surface area contributed by atoms with Gasteiger partial charge in [0.15, 0.2) is 0 Å². The number of hydrogen-bond acceptors (Lipinski definition) is 4. The lowest BCUT2D eigenvalue weighted by atomic mass is 9.87. The highest BCUT2D eigenvalue weighted by molar-refractivity contribution is 7.92. The third kappa shape index (κ3) is 8.99. The van der Waals surface area contributed by atoms with E-state index < -0.39 is 28.5 Å². The summed E-state index contributed by atoms with van der Waals surface area (Å²) in [5.74, 6) is -0.802. The van der Waals surface area contributed by atoms with Crippen LogP contribution < -0.4 is 9.62 Å². The second kappa shape index (κ2) is 14.4. The van der Waals surface area contributed by atoms with Gasteiger partial charge in [0.05, 0.1) is 11.9 Å². The molecule has 1 aliphatic carbocycles. The molecule has 2 amide bonds. The minimum atomic E-state index is -3.86. The zero-order valence-corrected chi connectivity index (χ0v) is 28.1. The van der Waals surface area contributed by atoms with Gasteiger partial charge in [0.25, 0.3) is 0 Å². The number of hydrogen-bond donors (Lipinski definition) is 1. The Labute approximate surface area is 271 Å². The lowest BCUT2D eigenvalue weighted by Gasteiger charge is -2.34. The summed E-state index contributed by atoms with van der Waals surface area (Å²) in [7, 11) is -3.86. The average molecular weight is 659 g/mol. The molecular formula is C34H41Cl2N3O4S. The molecule has 1 fully saturated rings.